The number of aromatic amines is 1. The van der Waals surface area contributed by atoms with Crippen molar-refractivity contribution in [1.29, 1.82) is 0 Å². The van der Waals surface area contributed by atoms with Gasteiger partial charge in [-0.2, -0.15) is 0 Å². The lowest BCUT2D eigenvalue weighted by molar-refractivity contribution is -0.131. The van der Waals surface area contributed by atoms with Crippen molar-refractivity contribution in [3.05, 3.63) is 40.6 Å². The van der Waals surface area contributed by atoms with Gasteiger partial charge in [-0.25, -0.2) is 9.78 Å². The van der Waals surface area contributed by atoms with Gasteiger partial charge in [0.05, 0.1) is 0 Å². The number of thioether (sulfide) groups is 2. The normalized spacial score (nSPS) is 11.6. The van der Waals surface area contributed by atoms with Crippen LogP contribution in [0.5, 0.6) is 0 Å². The van der Waals surface area contributed by atoms with E-state index < -0.39 is 5.97 Å². The molecular weight excluding hydrogens is 294 g/mol. The van der Waals surface area contributed by atoms with E-state index >= 15 is 0 Å². The molecule has 2 rings (SSSR count). The number of carbonyl (C=O) groups is 1. The maximum atomic E-state index is 11.3. The van der Waals surface area contributed by atoms with E-state index in [1.54, 1.807) is 24.8 Å². The molecule has 5 nitrogen and oxygen atoms in total. The minimum Gasteiger partial charge on any atom is -0.477 e. The molecule has 0 aliphatic carbocycles. The number of aryl methyl sites for hydroxylation is 1. The van der Waals surface area contributed by atoms with Gasteiger partial charge in [0.15, 0.2) is 0 Å². The smallest absolute Gasteiger partial charge is 0.342 e. The highest BCUT2D eigenvalue weighted by Gasteiger charge is 2.12. The number of hydrogen-bond donors (Lipinski definition) is 2. The molecule has 1 aromatic heterocycles. The molecule has 0 saturated carbocycles. The summed E-state index contributed by atoms with van der Waals surface area (Å²) in [6.45, 7) is 1.77. The Bertz CT molecular complexity index is 635. The third-order valence-electron chi connectivity index (χ3n) is 2.40. The molecule has 0 atom stereocenters. The number of nitrogens with one attached hydrogen (secondary N) is 1. The molecule has 7 heteroatoms. The number of rotatable bonds is 5. The monoisotopic (exact) mass is 307 g/mol. The molecule has 20 heavy (non-hydrogen) atoms. The molecule has 0 unspecified atom stereocenters. The Labute approximate surface area is 124 Å². The van der Waals surface area contributed by atoms with Gasteiger partial charge in [0.2, 0.25) is 5.16 Å². The van der Waals surface area contributed by atoms with Crippen molar-refractivity contribution in [2.24, 2.45) is 0 Å². The molecule has 2 aromatic rings. The summed E-state index contributed by atoms with van der Waals surface area (Å²) in [5.41, 5.74) is 0.833. The van der Waals surface area contributed by atoms with Crippen molar-refractivity contribution in [2.45, 2.75) is 17.0 Å². The van der Waals surface area contributed by atoms with Crippen LogP contribution in [0.2, 0.25) is 0 Å². The largest absolute Gasteiger partial charge is 0.477 e. The number of carboxylic acids is 1. The van der Waals surface area contributed by atoms with Gasteiger partial charge in [0.25, 0.3) is 0 Å². The molecule has 2 N–H and O–H groups in total. The van der Waals surface area contributed by atoms with Gasteiger partial charge in [-0.3, -0.25) is 5.10 Å². The molecule has 0 spiro atoms. The second kappa shape index (κ2) is 6.62. The SMILES string of the molecule is CSc1ccc(/C=C(/Sc2n[nH]c(C)n2)C(=O)O)cc1. The first-order chi connectivity index (χ1) is 9.58. The Morgan fingerprint density at radius 2 is 2.05 bits per heavy atom. The number of H-pyrrole nitrogens is 1. The third kappa shape index (κ3) is 3.88. The zero-order chi connectivity index (χ0) is 14.5. The lowest BCUT2D eigenvalue weighted by atomic mass is 10.2. The van der Waals surface area contributed by atoms with E-state index in [2.05, 4.69) is 15.2 Å². The molecule has 1 aromatic carbocycles. The summed E-state index contributed by atoms with van der Waals surface area (Å²) in [7, 11) is 0. The summed E-state index contributed by atoms with van der Waals surface area (Å²) in [4.78, 5) is 16.7. The third-order valence-corrected chi connectivity index (χ3v) is 4.02. The molecular formula is C13H13N3O2S2. The van der Waals surface area contributed by atoms with Crippen molar-refractivity contribution in [3.8, 4) is 0 Å². The van der Waals surface area contributed by atoms with Crippen molar-refractivity contribution >= 4 is 35.6 Å². The van der Waals surface area contributed by atoms with E-state index in [-0.39, 0.29) is 4.91 Å². The van der Waals surface area contributed by atoms with E-state index in [1.165, 1.54) is 0 Å². The van der Waals surface area contributed by atoms with Crippen LogP contribution in [0.4, 0.5) is 0 Å². The fraction of sp³-hybridized carbons (Fsp3) is 0.154. The fourth-order valence-corrected chi connectivity index (χ4v) is 2.61. The molecule has 104 valence electrons. The minimum absolute atomic E-state index is 0.181. The summed E-state index contributed by atoms with van der Waals surface area (Å²) < 4.78 is 0. The van der Waals surface area contributed by atoms with Crippen molar-refractivity contribution in [1.82, 2.24) is 15.2 Å². The molecule has 0 radical (unpaired) electrons. The van der Waals surface area contributed by atoms with Gasteiger partial charge in [0.1, 0.15) is 10.7 Å². The molecule has 0 aliphatic rings. The van der Waals surface area contributed by atoms with Crippen LogP contribution in [-0.4, -0.2) is 32.5 Å². The van der Waals surface area contributed by atoms with Crippen LogP contribution in [0.3, 0.4) is 0 Å². The van der Waals surface area contributed by atoms with E-state index in [0.717, 1.165) is 22.2 Å². The molecule has 0 aliphatic heterocycles. The Hall–Kier alpha value is -1.73. The van der Waals surface area contributed by atoms with Gasteiger partial charge in [-0.1, -0.05) is 12.1 Å². The molecule has 0 amide bonds. The first-order valence-corrected chi connectivity index (χ1v) is 7.78. The van der Waals surface area contributed by atoms with Crippen LogP contribution < -0.4 is 0 Å². The van der Waals surface area contributed by atoms with E-state index in [0.29, 0.717) is 11.0 Å². The summed E-state index contributed by atoms with van der Waals surface area (Å²) in [5.74, 6) is -0.340. The Kier molecular flexibility index (Phi) is 4.86. The Balaban J connectivity index is 2.22. The molecule has 0 bridgehead atoms. The fourth-order valence-electron chi connectivity index (χ4n) is 1.45. The van der Waals surface area contributed by atoms with Crippen molar-refractivity contribution in [2.75, 3.05) is 6.26 Å². The lowest BCUT2D eigenvalue weighted by Gasteiger charge is -2.00. The standard InChI is InChI=1S/C13H13N3O2S2/c1-8-14-13(16-15-8)20-11(12(17)18)7-9-3-5-10(19-2)6-4-9/h3-7H,1-2H3,(H,17,18)(H,14,15,16)/b11-7+. The first-order valence-electron chi connectivity index (χ1n) is 5.74. The Morgan fingerprint density at radius 1 is 1.35 bits per heavy atom. The number of hydrogen-bond acceptors (Lipinski definition) is 5. The summed E-state index contributed by atoms with van der Waals surface area (Å²) in [5, 5.41) is 16.3. The number of benzene rings is 1. The quantitative estimate of drug-likeness (QED) is 0.653. The van der Waals surface area contributed by atoms with Gasteiger partial charge in [0, 0.05) is 4.90 Å². The first kappa shape index (κ1) is 14.7. The van der Waals surface area contributed by atoms with E-state index in [9.17, 15) is 9.90 Å². The van der Waals surface area contributed by atoms with Crippen molar-refractivity contribution < 1.29 is 9.90 Å². The highest BCUT2D eigenvalue weighted by molar-refractivity contribution is 8.04. The second-order valence-electron chi connectivity index (χ2n) is 3.89. The number of aliphatic carboxylic acids is 1. The maximum Gasteiger partial charge on any atom is 0.342 e. The van der Waals surface area contributed by atoms with E-state index in [4.69, 9.17) is 0 Å². The van der Waals surface area contributed by atoms with Crippen LogP contribution in [0.25, 0.3) is 6.08 Å². The average Bonchev–Trinajstić information content (AvgIpc) is 2.84. The number of aromatic nitrogens is 3. The van der Waals surface area contributed by atoms with Crippen molar-refractivity contribution in [3.63, 3.8) is 0 Å². The van der Waals surface area contributed by atoms with Gasteiger partial charge >= 0.3 is 5.97 Å². The lowest BCUT2D eigenvalue weighted by Crippen LogP contribution is -1.97. The molecule has 0 saturated heterocycles. The zero-order valence-electron chi connectivity index (χ0n) is 11.0. The zero-order valence-corrected chi connectivity index (χ0v) is 12.6. The van der Waals surface area contributed by atoms with Crippen LogP contribution in [0, 0.1) is 6.92 Å². The topological polar surface area (TPSA) is 78.9 Å². The van der Waals surface area contributed by atoms with Crippen LogP contribution in [0.1, 0.15) is 11.4 Å². The summed E-state index contributed by atoms with van der Waals surface area (Å²) >= 11 is 2.67. The maximum absolute atomic E-state index is 11.3. The summed E-state index contributed by atoms with van der Waals surface area (Å²) in [6.07, 6.45) is 3.61. The van der Waals surface area contributed by atoms with Gasteiger partial charge in [-0.15, -0.1) is 16.9 Å². The average molecular weight is 307 g/mol. The number of nitrogens with zero attached hydrogens (tertiary/aromatic N) is 2. The highest BCUT2D eigenvalue weighted by Crippen LogP contribution is 2.26. The van der Waals surface area contributed by atoms with Gasteiger partial charge in [-0.05, 0) is 48.7 Å². The molecule has 0 fully saturated rings. The predicted molar refractivity (Wildman–Crippen MR) is 80.8 cm³/mol. The Morgan fingerprint density at radius 3 is 2.55 bits per heavy atom. The minimum atomic E-state index is -0.994. The van der Waals surface area contributed by atoms with Crippen LogP contribution in [-0.2, 0) is 4.79 Å². The van der Waals surface area contributed by atoms with Crippen LogP contribution >= 0.6 is 23.5 Å². The molecule has 1 heterocycles. The second-order valence-corrected chi connectivity index (χ2v) is 5.78. The predicted octanol–water partition coefficient (Wildman–Crippen LogP) is 3.05. The van der Waals surface area contributed by atoms with Gasteiger partial charge < -0.3 is 5.11 Å². The number of carboxylic acid groups (broad SMARTS) is 1. The highest BCUT2D eigenvalue weighted by atomic mass is 32.2. The summed E-state index contributed by atoms with van der Waals surface area (Å²) in [6, 6.07) is 7.69. The van der Waals surface area contributed by atoms with Crippen LogP contribution in [0.15, 0.2) is 39.2 Å². The van der Waals surface area contributed by atoms with E-state index in [1.807, 2.05) is 30.5 Å².